The van der Waals surface area contributed by atoms with Crippen LogP contribution in [0.1, 0.15) is 40.0 Å². The summed E-state index contributed by atoms with van der Waals surface area (Å²) >= 11 is 0. The summed E-state index contributed by atoms with van der Waals surface area (Å²) in [7, 11) is 0. The molecule has 0 aromatic carbocycles. The van der Waals surface area contributed by atoms with Gasteiger partial charge in [0.1, 0.15) is 5.76 Å². The van der Waals surface area contributed by atoms with E-state index in [2.05, 4.69) is 0 Å². The van der Waals surface area contributed by atoms with Crippen LogP contribution in [-0.2, 0) is 14.3 Å². The lowest BCUT2D eigenvalue weighted by Gasteiger charge is -2.30. The van der Waals surface area contributed by atoms with Gasteiger partial charge in [0.15, 0.2) is 0 Å². The van der Waals surface area contributed by atoms with Crippen LogP contribution in [0.25, 0.3) is 0 Å². The Morgan fingerprint density at radius 1 is 1.47 bits per heavy atom. The van der Waals surface area contributed by atoms with Crippen molar-refractivity contribution in [2.24, 2.45) is 0 Å². The third-order valence-corrected chi connectivity index (χ3v) is 2.05. The van der Waals surface area contributed by atoms with Crippen molar-refractivity contribution in [2.45, 2.75) is 51.9 Å². The molecule has 0 aromatic heterocycles. The van der Waals surface area contributed by atoms with Crippen molar-refractivity contribution in [1.29, 1.82) is 0 Å². The van der Waals surface area contributed by atoms with Crippen molar-refractivity contribution in [3.8, 4) is 0 Å². The normalized spacial score (nSPS) is 21.3. The van der Waals surface area contributed by atoms with Crippen LogP contribution in [0, 0.1) is 0 Å². The van der Waals surface area contributed by atoms with Gasteiger partial charge in [0.25, 0.3) is 0 Å². The lowest BCUT2D eigenvalue weighted by Crippen LogP contribution is -2.34. The molecule has 0 bridgehead atoms. The fourth-order valence-corrected chi connectivity index (χ4v) is 1.46. The van der Waals surface area contributed by atoms with E-state index < -0.39 is 5.79 Å². The zero-order chi connectivity index (χ0) is 11.5. The highest BCUT2D eigenvalue weighted by molar-refractivity contribution is 5.83. The van der Waals surface area contributed by atoms with Gasteiger partial charge in [-0.25, -0.2) is 4.79 Å². The van der Waals surface area contributed by atoms with Gasteiger partial charge in [-0.2, -0.15) is 0 Å². The van der Waals surface area contributed by atoms with Crippen LogP contribution in [0.15, 0.2) is 11.8 Å². The number of rotatable bonds is 4. The number of esters is 1. The predicted octanol–water partition coefficient (Wildman–Crippen LogP) is 1.73. The summed E-state index contributed by atoms with van der Waals surface area (Å²) < 4.78 is 10.4. The van der Waals surface area contributed by atoms with Crippen LogP contribution in [-0.4, -0.2) is 23.0 Å². The lowest BCUT2D eigenvalue weighted by molar-refractivity contribution is -0.206. The molecular formula is C11H18O4. The van der Waals surface area contributed by atoms with E-state index in [0.29, 0.717) is 18.6 Å². The molecule has 0 aliphatic carbocycles. The Morgan fingerprint density at radius 2 is 2.13 bits per heavy atom. The second-order valence-electron chi connectivity index (χ2n) is 4.27. The minimum Gasteiger partial charge on any atom is -0.457 e. The molecule has 4 nitrogen and oxygen atoms in total. The number of allylic oxidation sites excluding steroid dienone is 1. The first-order valence-corrected chi connectivity index (χ1v) is 5.20. The molecular weight excluding hydrogens is 196 g/mol. The first-order chi connectivity index (χ1) is 6.89. The Balaban J connectivity index is 2.44. The Kier molecular flexibility index (Phi) is 3.74. The molecule has 0 spiro atoms. The zero-order valence-corrected chi connectivity index (χ0v) is 9.45. The number of hydrogen-bond acceptors (Lipinski definition) is 4. The largest absolute Gasteiger partial charge is 0.457 e. The first-order valence-electron chi connectivity index (χ1n) is 5.20. The maximum atomic E-state index is 11.2. The van der Waals surface area contributed by atoms with Crippen molar-refractivity contribution in [3.05, 3.63) is 11.8 Å². The third-order valence-electron chi connectivity index (χ3n) is 2.05. The summed E-state index contributed by atoms with van der Waals surface area (Å²) in [6, 6.07) is 0. The Labute approximate surface area is 89.9 Å². The summed E-state index contributed by atoms with van der Waals surface area (Å²) in [5.41, 5.74) is 0. The maximum Gasteiger partial charge on any atom is 0.337 e. The third kappa shape index (κ3) is 4.34. The smallest absolute Gasteiger partial charge is 0.337 e. The van der Waals surface area contributed by atoms with Gasteiger partial charge in [-0.3, -0.25) is 0 Å². The molecule has 1 atom stereocenters. The van der Waals surface area contributed by atoms with Crippen LogP contribution < -0.4 is 0 Å². The number of cyclic esters (lactones) is 1. The van der Waals surface area contributed by atoms with Crippen LogP contribution in [0.4, 0.5) is 0 Å². The van der Waals surface area contributed by atoms with Crippen molar-refractivity contribution in [2.75, 3.05) is 0 Å². The van der Waals surface area contributed by atoms with Gasteiger partial charge in [0.05, 0.1) is 12.2 Å². The molecule has 1 N–H and O–H groups in total. The molecule has 4 heteroatoms. The molecule has 1 unspecified atom stereocenters. The summed E-state index contributed by atoms with van der Waals surface area (Å²) in [5.74, 6) is -0.596. The molecule has 1 aliphatic rings. The first kappa shape index (κ1) is 12.0. The summed E-state index contributed by atoms with van der Waals surface area (Å²) in [4.78, 5) is 11.2. The predicted molar refractivity (Wildman–Crippen MR) is 54.9 cm³/mol. The van der Waals surface area contributed by atoms with Gasteiger partial charge >= 0.3 is 5.97 Å². The number of aliphatic hydroxyl groups excluding tert-OH is 1. The molecule has 0 radical (unpaired) electrons. The highest BCUT2D eigenvalue weighted by atomic mass is 16.7. The fourth-order valence-electron chi connectivity index (χ4n) is 1.46. The standard InChI is InChI=1S/C11H18O4/c1-8(12)5-4-6-9-7-10(13)15-11(2,3)14-9/h7-8,12H,4-6H2,1-3H3. The number of carbonyl (C=O) groups is 1. The summed E-state index contributed by atoms with van der Waals surface area (Å²) in [6.45, 7) is 5.15. The van der Waals surface area contributed by atoms with Crippen LogP contribution in [0.3, 0.4) is 0 Å². The van der Waals surface area contributed by atoms with Gasteiger partial charge in [0.2, 0.25) is 5.79 Å². The number of aliphatic hydroxyl groups is 1. The average Bonchev–Trinajstić information content (AvgIpc) is 1.98. The van der Waals surface area contributed by atoms with E-state index in [1.165, 1.54) is 6.08 Å². The number of carbonyl (C=O) groups excluding carboxylic acids is 1. The van der Waals surface area contributed by atoms with E-state index in [4.69, 9.17) is 14.6 Å². The molecule has 1 aliphatic heterocycles. The van der Waals surface area contributed by atoms with Crippen molar-refractivity contribution in [1.82, 2.24) is 0 Å². The summed E-state index contributed by atoms with van der Waals surface area (Å²) in [5, 5.41) is 9.08. The molecule has 1 rings (SSSR count). The van der Waals surface area contributed by atoms with E-state index >= 15 is 0 Å². The second kappa shape index (κ2) is 4.66. The Hall–Kier alpha value is -1.03. The van der Waals surface area contributed by atoms with Crippen LogP contribution in [0.2, 0.25) is 0 Å². The summed E-state index contributed by atoms with van der Waals surface area (Å²) in [6.07, 6.45) is 3.22. The number of hydrogen-bond donors (Lipinski definition) is 1. The van der Waals surface area contributed by atoms with Gasteiger partial charge in [-0.1, -0.05) is 0 Å². The van der Waals surface area contributed by atoms with Gasteiger partial charge < -0.3 is 14.6 Å². The molecule has 0 aromatic rings. The van der Waals surface area contributed by atoms with Crippen molar-refractivity contribution < 1.29 is 19.4 Å². The monoisotopic (exact) mass is 214 g/mol. The van der Waals surface area contributed by atoms with E-state index in [-0.39, 0.29) is 12.1 Å². The van der Waals surface area contributed by atoms with E-state index in [1.807, 2.05) is 0 Å². The average molecular weight is 214 g/mol. The molecule has 0 saturated heterocycles. The molecule has 1 heterocycles. The topological polar surface area (TPSA) is 55.8 Å². The van der Waals surface area contributed by atoms with Gasteiger partial charge in [-0.05, 0) is 19.8 Å². The van der Waals surface area contributed by atoms with Crippen molar-refractivity contribution in [3.63, 3.8) is 0 Å². The van der Waals surface area contributed by atoms with Crippen molar-refractivity contribution >= 4 is 5.97 Å². The maximum absolute atomic E-state index is 11.2. The van der Waals surface area contributed by atoms with E-state index in [9.17, 15) is 4.79 Å². The SMILES string of the molecule is CC(O)CCCC1=CC(=O)OC(C)(C)O1. The molecule has 0 fully saturated rings. The second-order valence-corrected chi connectivity index (χ2v) is 4.27. The van der Waals surface area contributed by atoms with Crippen LogP contribution in [0.5, 0.6) is 0 Å². The fraction of sp³-hybridized carbons (Fsp3) is 0.727. The zero-order valence-electron chi connectivity index (χ0n) is 9.45. The van der Waals surface area contributed by atoms with Crippen LogP contribution >= 0.6 is 0 Å². The minimum atomic E-state index is -0.869. The Morgan fingerprint density at radius 3 is 2.67 bits per heavy atom. The van der Waals surface area contributed by atoms with Gasteiger partial charge in [0, 0.05) is 20.3 Å². The molecule has 15 heavy (non-hydrogen) atoms. The molecule has 86 valence electrons. The van der Waals surface area contributed by atoms with E-state index in [1.54, 1.807) is 20.8 Å². The molecule has 0 saturated carbocycles. The highest BCUT2D eigenvalue weighted by Crippen LogP contribution is 2.25. The number of ether oxygens (including phenoxy) is 2. The quantitative estimate of drug-likeness (QED) is 0.724. The van der Waals surface area contributed by atoms with Gasteiger partial charge in [-0.15, -0.1) is 0 Å². The molecule has 0 amide bonds. The van der Waals surface area contributed by atoms with E-state index in [0.717, 1.165) is 6.42 Å². The Bertz CT molecular complexity index is 266. The lowest BCUT2D eigenvalue weighted by atomic mass is 10.1. The highest BCUT2D eigenvalue weighted by Gasteiger charge is 2.29. The minimum absolute atomic E-state index is 0.311.